The summed E-state index contributed by atoms with van der Waals surface area (Å²) in [5.74, 6) is -0.189. The molecule has 0 spiro atoms. The molecule has 4 rings (SSSR count). The molecule has 2 aromatic carbocycles. The van der Waals surface area contributed by atoms with Crippen LogP contribution in [0.1, 0.15) is 54.1 Å². The Morgan fingerprint density at radius 1 is 1.03 bits per heavy atom. The third-order valence-corrected chi connectivity index (χ3v) is 7.06. The van der Waals surface area contributed by atoms with Crippen LogP contribution in [0.25, 0.3) is 11.1 Å². The second-order valence-corrected chi connectivity index (χ2v) is 10.2. The second-order valence-electron chi connectivity index (χ2n) is 9.15. The lowest BCUT2D eigenvalue weighted by Crippen LogP contribution is -3.03. The van der Waals surface area contributed by atoms with E-state index in [1.165, 1.54) is 16.2 Å². The fraction of sp³-hybridized carbons (Fsp3) is 0.280. The molecule has 30 heavy (non-hydrogen) atoms. The Balaban J connectivity index is 1.62. The van der Waals surface area contributed by atoms with E-state index in [2.05, 4.69) is 44.4 Å². The monoisotopic (exact) mass is 416 g/mol. The van der Waals surface area contributed by atoms with Crippen LogP contribution >= 0.6 is 11.3 Å². The van der Waals surface area contributed by atoms with Gasteiger partial charge in [0.2, 0.25) is 0 Å². The van der Waals surface area contributed by atoms with Crippen molar-refractivity contribution in [2.24, 2.45) is 0 Å². The fourth-order valence-electron chi connectivity index (χ4n) is 4.53. The maximum Gasteiger partial charge on any atom is 0.256 e. The lowest BCUT2D eigenvalue weighted by Gasteiger charge is -2.38. The second kappa shape index (κ2) is 7.39. The third kappa shape index (κ3) is 3.77. The van der Waals surface area contributed by atoms with Crippen molar-refractivity contribution in [3.63, 3.8) is 0 Å². The van der Waals surface area contributed by atoms with Crippen LogP contribution in [0.3, 0.4) is 0 Å². The molecule has 1 aromatic heterocycles. The van der Waals surface area contributed by atoms with Gasteiger partial charge < -0.3 is 10.6 Å². The van der Waals surface area contributed by atoms with Crippen LogP contribution in [-0.4, -0.2) is 11.4 Å². The number of carbonyl (C=O) groups is 1. The number of amides is 1. The molecule has 3 aromatic rings. The van der Waals surface area contributed by atoms with Gasteiger partial charge in [0.05, 0.1) is 16.0 Å². The Hall–Kier alpha value is -2.94. The minimum absolute atomic E-state index is 0.0116. The molecule has 152 valence electrons. The summed E-state index contributed by atoms with van der Waals surface area (Å²) in [6.07, 6.45) is 0.812. The molecule has 0 radical (unpaired) electrons. The number of carbonyl (C=O) groups excluding carboxylic acids is 1. The largest absolute Gasteiger partial charge is 0.333 e. The molecule has 0 aliphatic carbocycles. The number of benzene rings is 2. The van der Waals surface area contributed by atoms with Crippen molar-refractivity contribution >= 4 is 22.2 Å². The number of nitrogens with zero attached hydrogens (tertiary/aromatic N) is 1. The fourth-order valence-corrected chi connectivity index (χ4v) is 5.77. The number of nitriles is 1. The molecule has 5 heteroatoms. The average molecular weight is 417 g/mol. The predicted octanol–water partition coefficient (Wildman–Crippen LogP) is 4.67. The highest BCUT2D eigenvalue weighted by molar-refractivity contribution is 7.16. The summed E-state index contributed by atoms with van der Waals surface area (Å²) >= 11 is 1.53. The first-order chi connectivity index (χ1) is 14.2. The minimum atomic E-state index is -0.189. The number of anilines is 1. The van der Waals surface area contributed by atoms with Crippen LogP contribution in [0.4, 0.5) is 5.00 Å². The molecule has 1 aliphatic rings. The van der Waals surface area contributed by atoms with Crippen LogP contribution in [-0.2, 0) is 12.0 Å². The molecule has 0 unspecified atom stereocenters. The Morgan fingerprint density at radius 3 is 2.30 bits per heavy atom. The van der Waals surface area contributed by atoms with E-state index >= 15 is 0 Å². The van der Waals surface area contributed by atoms with Crippen molar-refractivity contribution < 1.29 is 10.1 Å². The van der Waals surface area contributed by atoms with Gasteiger partial charge >= 0.3 is 0 Å². The van der Waals surface area contributed by atoms with Gasteiger partial charge in [-0.15, -0.1) is 11.3 Å². The first-order valence-electron chi connectivity index (χ1n) is 10.1. The normalized spacial score (nSPS) is 16.4. The molecule has 0 saturated heterocycles. The molecule has 4 nitrogen and oxygen atoms in total. The van der Waals surface area contributed by atoms with Gasteiger partial charge in [0.1, 0.15) is 16.6 Å². The van der Waals surface area contributed by atoms with E-state index in [0.29, 0.717) is 16.1 Å². The van der Waals surface area contributed by atoms with E-state index in [1.807, 2.05) is 54.6 Å². The molecule has 1 aliphatic heterocycles. The Labute approximate surface area is 181 Å². The summed E-state index contributed by atoms with van der Waals surface area (Å²) in [7, 11) is 0. The number of nitrogens with two attached hydrogens (primary N) is 1. The summed E-state index contributed by atoms with van der Waals surface area (Å²) in [5.41, 5.74) is 4.33. The zero-order chi connectivity index (χ0) is 21.5. The Kier molecular flexibility index (Phi) is 5.01. The first-order valence-corrected chi connectivity index (χ1v) is 10.9. The van der Waals surface area contributed by atoms with Gasteiger partial charge in [-0.25, -0.2) is 0 Å². The van der Waals surface area contributed by atoms with Crippen LogP contribution in [0, 0.1) is 11.3 Å². The van der Waals surface area contributed by atoms with Gasteiger partial charge in [-0.05, 0) is 56.5 Å². The highest BCUT2D eigenvalue weighted by Gasteiger charge is 2.44. The number of thiophene rings is 1. The maximum atomic E-state index is 12.9. The van der Waals surface area contributed by atoms with Crippen molar-refractivity contribution in [3.05, 3.63) is 76.2 Å². The molecule has 2 heterocycles. The molecule has 0 bridgehead atoms. The van der Waals surface area contributed by atoms with Crippen molar-refractivity contribution in [1.82, 2.24) is 0 Å². The van der Waals surface area contributed by atoms with Crippen molar-refractivity contribution in [3.8, 4) is 17.2 Å². The van der Waals surface area contributed by atoms with Crippen molar-refractivity contribution in [2.75, 3.05) is 5.32 Å². The van der Waals surface area contributed by atoms with E-state index in [1.54, 1.807) is 0 Å². The van der Waals surface area contributed by atoms with Crippen LogP contribution in [0.15, 0.2) is 54.6 Å². The van der Waals surface area contributed by atoms with Crippen molar-refractivity contribution in [1.29, 1.82) is 5.26 Å². The number of rotatable bonds is 3. The van der Waals surface area contributed by atoms with E-state index in [9.17, 15) is 10.1 Å². The van der Waals surface area contributed by atoms with Gasteiger partial charge in [0.25, 0.3) is 5.91 Å². The van der Waals surface area contributed by atoms with E-state index in [-0.39, 0.29) is 17.0 Å². The van der Waals surface area contributed by atoms with Crippen molar-refractivity contribution in [2.45, 2.75) is 45.2 Å². The molecular weight excluding hydrogens is 390 g/mol. The summed E-state index contributed by atoms with van der Waals surface area (Å²) in [6.45, 7) is 8.75. The lowest BCUT2D eigenvalue weighted by molar-refractivity contribution is -0.789. The quantitative estimate of drug-likeness (QED) is 0.651. The SMILES string of the molecule is CC1(C)Cc2c(sc(NC(=O)c3ccc(-c4ccccc4)cc3)c2C#N)C(C)(C)[NH2+]1. The van der Waals surface area contributed by atoms with E-state index < -0.39 is 0 Å². The summed E-state index contributed by atoms with van der Waals surface area (Å²) in [5, 5.41) is 15.9. The van der Waals surface area contributed by atoms with E-state index in [4.69, 9.17) is 0 Å². The molecular formula is C25H26N3OS+. The predicted molar refractivity (Wildman–Crippen MR) is 122 cm³/mol. The van der Waals surface area contributed by atoms with Gasteiger partial charge in [-0.3, -0.25) is 4.79 Å². The summed E-state index contributed by atoms with van der Waals surface area (Å²) < 4.78 is 0. The third-order valence-electron chi connectivity index (χ3n) is 5.57. The number of nitrogens with one attached hydrogen (secondary N) is 1. The topological polar surface area (TPSA) is 69.5 Å². The molecule has 0 fully saturated rings. The highest BCUT2D eigenvalue weighted by atomic mass is 32.1. The number of hydrogen-bond donors (Lipinski definition) is 2. The van der Waals surface area contributed by atoms with Gasteiger partial charge in [0.15, 0.2) is 0 Å². The Bertz CT molecular complexity index is 1140. The molecule has 1 amide bonds. The number of hydrogen-bond acceptors (Lipinski definition) is 3. The highest BCUT2D eigenvalue weighted by Crippen LogP contribution is 2.41. The average Bonchev–Trinajstić information content (AvgIpc) is 3.05. The van der Waals surface area contributed by atoms with Gasteiger partial charge in [-0.2, -0.15) is 5.26 Å². The summed E-state index contributed by atoms with van der Waals surface area (Å²) in [4.78, 5) is 14.1. The van der Waals surface area contributed by atoms with Gasteiger partial charge in [-0.1, -0.05) is 42.5 Å². The van der Waals surface area contributed by atoms with Crippen LogP contribution < -0.4 is 10.6 Å². The standard InChI is InChI=1S/C25H25N3OS/c1-24(2)14-19-20(15-26)23(30-21(19)25(3,4)28-24)27-22(29)18-12-10-17(11-13-18)16-8-6-5-7-9-16/h5-13,28H,14H2,1-4H3,(H,27,29)/p+1. The zero-order valence-electron chi connectivity index (χ0n) is 17.7. The molecule has 0 atom stereocenters. The minimum Gasteiger partial charge on any atom is -0.333 e. The van der Waals surface area contributed by atoms with E-state index in [0.717, 1.165) is 23.1 Å². The number of quaternary nitrogens is 1. The smallest absolute Gasteiger partial charge is 0.256 e. The lowest BCUT2D eigenvalue weighted by atomic mass is 9.81. The van der Waals surface area contributed by atoms with Crippen LogP contribution in [0.2, 0.25) is 0 Å². The molecule has 0 saturated carbocycles. The number of fused-ring (bicyclic) bond motifs is 1. The summed E-state index contributed by atoms with van der Waals surface area (Å²) in [6, 6.07) is 20.0. The Morgan fingerprint density at radius 2 is 1.67 bits per heavy atom. The zero-order valence-corrected chi connectivity index (χ0v) is 18.6. The first kappa shape index (κ1) is 20.3. The maximum absolute atomic E-state index is 12.9. The van der Waals surface area contributed by atoms with Crippen LogP contribution in [0.5, 0.6) is 0 Å². The molecule has 3 N–H and O–H groups in total. The van der Waals surface area contributed by atoms with Gasteiger partial charge in [0, 0.05) is 12.0 Å².